The summed E-state index contributed by atoms with van der Waals surface area (Å²) in [5.74, 6) is 1.40. The number of hydrogen-bond donors (Lipinski definition) is 1. The summed E-state index contributed by atoms with van der Waals surface area (Å²) in [5.41, 5.74) is 5.47. The molecule has 0 aliphatic heterocycles. The van der Waals surface area contributed by atoms with E-state index in [1.165, 1.54) is 5.56 Å². The first-order valence-corrected chi connectivity index (χ1v) is 10.2. The fourth-order valence-corrected chi connectivity index (χ4v) is 3.63. The molecule has 0 atom stereocenters. The van der Waals surface area contributed by atoms with Crippen LogP contribution in [0.1, 0.15) is 22.3 Å². The van der Waals surface area contributed by atoms with Gasteiger partial charge in [-0.25, -0.2) is 0 Å². The molecule has 0 aliphatic carbocycles. The topological polar surface area (TPSA) is 30.5 Å². The number of benzene rings is 3. The molecule has 0 heterocycles. The van der Waals surface area contributed by atoms with Crippen molar-refractivity contribution in [2.24, 2.45) is 0 Å². The van der Waals surface area contributed by atoms with Crippen molar-refractivity contribution >= 4 is 33.2 Å². The van der Waals surface area contributed by atoms with E-state index in [2.05, 4.69) is 40.3 Å². The summed E-state index contributed by atoms with van der Waals surface area (Å²) in [6, 6.07) is 18.2. The molecule has 0 spiro atoms. The standard InChI is InChI=1S/C23H23BrClNO2/c1-15-6-4-5-7-18(15)14-28-23-20(24)10-17(11-22(23)27-3)13-26-19-9-8-16(2)21(25)12-19/h4-12,26H,13-14H2,1-3H3. The summed E-state index contributed by atoms with van der Waals surface area (Å²) < 4.78 is 12.5. The molecule has 3 aromatic carbocycles. The van der Waals surface area contributed by atoms with E-state index in [9.17, 15) is 0 Å². The van der Waals surface area contributed by atoms with Crippen LogP contribution in [-0.4, -0.2) is 7.11 Å². The molecule has 0 amide bonds. The zero-order chi connectivity index (χ0) is 20.1. The summed E-state index contributed by atoms with van der Waals surface area (Å²) in [5, 5.41) is 4.14. The minimum Gasteiger partial charge on any atom is -0.493 e. The summed E-state index contributed by atoms with van der Waals surface area (Å²) in [7, 11) is 1.65. The lowest BCUT2D eigenvalue weighted by molar-refractivity contribution is 0.282. The molecule has 0 saturated carbocycles. The van der Waals surface area contributed by atoms with Gasteiger partial charge in [0.25, 0.3) is 0 Å². The van der Waals surface area contributed by atoms with Crippen LogP contribution in [0.4, 0.5) is 5.69 Å². The Labute approximate surface area is 179 Å². The molecule has 0 aromatic heterocycles. The number of anilines is 1. The maximum Gasteiger partial charge on any atom is 0.175 e. The van der Waals surface area contributed by atoms with Gasteiger partial charge in [0.15, 0.2) is 11.5 Å². The van der Waals surface area contributed by atoms with Crippen molar-refractivity contribution in [2.75, 3.05) is 12.4 Å². The van der Waals surface area contributed by atoms with Crippen molar-refractivity contribution in [1.29, 1.82) is 0 Å². The first-order valence-electron chi connectivity index (χ1n) is 9.01. The lowest BCUT2D eigenvalue weighted by Gasteiger charge is -2.16. The smallest absolute Gasteiger partial charge is 0.175 e. The number of ether oxygens (including phenoxy) is 2. The van der Waals surface area contributed by atoms with Gasteiger partial charge in [-0.05, 0) is 76.3 Å². The van der Waals surface area contributed by atoms with Crippen molar-refractivity contribution in [2.45, 2.75) is 27.0 Å². The van der Waals surface area contributed by atoms with Crippen molar-refractivity contribution in [3.8, 4) is 11.5 Å². The highest BCUT2D eigenvalue weighted by Gasteiger charge is 2.13. The number of hydrogen-bond acceptors (Lipinski definition) is 3. The lowest BCUT2D eigenvalue weighted by atomic mass is 10.1. The van der Waals surface area contributed by atoms with Gasteiger partial charge in [-0.15, -0.1) is 0 Å². The maximum atomic E-state index is 6.20. The second-order valence-corrected chi connectivity index (χ2v) is 7.90. The molecular formula is C23H23BrClNO2. The Morgan fingerprint density at radius 2 is 1.79 bits per heavy atom. The van der Waals surface area contributed by atoms with Crippen LogP contribution in [-0.2, 0) is 13.2 Å². The molecule has 0 aliphatic rings. The third-order valence-corrected chi connectivity index (χ3v) is 5.59. The molecule has 146 valence electrons. The van der Waals surface area contributed by atoms with Gasteiger partial charge in [-0.3, -0.25) is 0 Å². The van der Waals surface area contributed by atoms with Crippen LogP contribution in [0.25, 0.3) is 0 Å². The predicted octanol–water partition coefficient (Wildman–Crippen LogP) is 6.92. The van der Waals surface area contributed by atoms with E-state index < -0.39 is 0 Å². The molecule has 28 heavy (non-hydrogen) atoms. The highest BCUT2D eigenvalue weighted by atomic mass is 79.9. The monoisotopic (exact) mass is 459 g/mol. The molecule has 3 rings (SSSR count). The molecule has 3 aromatic rings. The molecule has 1 N–H and O–H groups in total. The van der Waals surface area contributed by atoms with Gasteiger partial charge in [0, 0.05) is 17.3 Å². The second-order valence-electron chi connectivity index (χ2n) is 6.64. The van der Waals surface area contributed by atoms with E-state index in [1.807, 2.05) is 49.4 Å². The minimum atomic E-state index is 0.487. The average Bonchev–Trinajstić information content (AvgIpc) is 2.68. The van der Waals surface area contributed by atoms with Crippen LogP contribution in [0.3, 0.4) is 0 Å². The fraction of sp³-hybridized carbons (Fsp3) is 0.217. The van der Waals surface area contributed by atoms with Crippen LogP contribution in [0.2, 0.25) is 5.02 Å². The normalized spacial score (nSPS) is 10.6. The van der Waals surface area contributed by atoms with Crippen molar-refractivity contribution in [3.63, 3.8) is 0 Å². The van der Waals surface area contributed by atoms with Gasteiger partial charge in [0.2, 0.25) is 0 Å². The van der Waals surface area contributed by atoms with Crippen LogP contribution < -0.4 is 14.8 Å². The van der Waals surface area contributed by atoms with Gasteiger partial charge in [-0.1, -0.05) is 41.9 Å². The van der Waals surface area contributed by atoms with Gasteiger partial charge in [0.05, 0.1) is 11.6 Å². The molecular weight excluding hydrogens is 438 g/mol. The van der Waals surface area contributed by atoms with Crippen LogP contribution >= 0.6 is 27.5 Å². The Morgan fingerprint density at radius 3 is 2.50 bits per heavy atom. The maximum absolute atomic E-state index is 6.20. The number of halogens is 2. The Kier molecular flexibility index (Phi) is 6.87. The van der Waals surface area contributed by atoms with Gasteiger partial charge >= 0.3 is 0 Å². The minimum absolute atomic E-state index is 0.487. The summed E-state index contributed by atoms with van der Waals surface area (Å²) >= 11 is 9.83. The largest absolute Gasteiger partial charge is 0.493 e. The third kappa shape index (κ3) is 5.00. The summed E-state index contributed by atoms with van der Waals surface area (Å²) in [6.07, 6.45) is 0. The van der Waals surface area contributed by atoms with E-state index in [0.717, 1.165) is 31.9 Å². The highest BCUT2D eigenvalue weighted by molar-refractivity contribution is 9.10. The fourth-order valence-electron chi connectivity index (χ4n) is 2.84. The SMILES string of the molecule is COc1cc(CNc2ccc(C)c(Cl)c2)cc(Br)c1OCc1ccccc1C. The molecule has 0 saturated heterocycles. The van der Waals surface area contributed by atoms with Gasteiger partial charge < -0.3 is 14.8 Å². The molecule has 3 nitrogen and oxygen atoms in total. The Hall–Kier alpha value is -2.17. The zero-order valence-corrected chi connectivity index (χ0v) is 18.5. The molecule has 0 radical (unpaired) electrons. The number of nitrogens with one attached hydrogen (secondary N) is 1. The first-order chi connectivity index (χ1) is 13.5. The first kappa shape index (κ1) is 20.6. The Balaban J connectivity index is 1.73. The molecule has 0 bridgehead atoms. The zero-order valence-electron chi connectivity index (χ0n) is 16.2. The van der Waals surface area contributed by atoms with Crippen molar-refractivity contribution < 1.29 is 9.47 Å². The van der Waals surface area contributed by atoms with Crippen molar-refractivity contribution in [3.05, 3.63) is 86.3 Å². The van der Waals surface area contributed by atoms with Gasteiger partial charge in [-0.2, -0.15) is 0 Å². The van der Waals surface area contributed by atoms with Crippen LogP contribution in [0, 0.1) is 13.8 Å². The van der Waals surface area contributed by atoms with E-state index in [1.54, 1.807) is 7.11 Å². The van der Waals surface area contributed by atoms with Crippen molar-refractivity contribution in [1.82, 2.24) is 0 Å². The molecule has 5 heteroatoms. The third-order valence-electron chi connectivity index (χ3n) is 4.59. The Morgan fingerprint density at radius 1 is 1.00 bits per heavy atom. The number of rotatable bonds is 7. The summed E-state index contributed by atoms with van der Waals surface area (Å²) in [6.45, 7) is 5.20. The van der Waals surface area contributed by atoms with Gasteiger partial charge in [0.1, 0.15) is 6.61 Å². The average molecular weight is 461 g/mol. The lowest BCUT2D eigenvalue weighted by Crippen LogP contribution is -2.03. The highest BCUT2D eigenvalue weighted by Crippen LogP contribution is 2.37. The van der Waals surface area contributed by atoms with E-state index >= 15 is 0 Å². The summed E-state index contributed by atoms with van der Waals surface area (Å²) in [4.78, 5) is 0. The predicted molar refractivity (Wildman–Crippen MR) is 120 cm³/mol. The van der Waals surface area contributed by atoms with E-state index in [0.29, 0.717) is 24.7 Å². The number of methoxy groups -OCH3 is 1. The van der Waals surface area contributed by atoms with Crippen LogP contribution in [0.15, 0.2) is 59.1 Å². The second kappa shape index (κ2) is 9.35. The van der Waals surface area contributed by atoms with E-state index in [4.69, 9.17) is 21.1 Å². The number of aryl methyl sites for hydroxylation is 2. The Bertz CT molecular complexity index is 975. The van der Waals surface area contributed by atoms with E-state index in [-0.39, 0.29) is 0 Å². The quantitative estimate of drug-likeness (QED) is 0.415. The molecule has 0 unspecified atom stereocenters. The molecule has 0 fully saturated rings. The van der Waals surface area contributed by atoms with Crippen LogP contribution in [0.5, 0.6) is 11.5 Å².